The van der Waals surface area contributed by atoms with E-state index in [1.165, 1.54) is 13.2 Å². The number of benzene rings is 1. The molecule has 0 radical (unpaired) electrons. The summed E-state index contributed by atoms with van der Waals surface area (Å²) in [4.78, 5) is 21.6. The second-order valence-electron chi connectivity index (χ2n) is 3.95. The summed E-state index contributed by atoms with van der Waals surface area (Å²) in [6.07, 6.45) is 0.250. The highest BCUT2D eigenvalue weighted by atomic mass is 19.1. The molecule has 0 unspecified atom stereocenters. The molecule has 0 atom stereocenters. The molecular weight excluding hydrogens is 253 g/mol. The summed E-state index contributed by atoms with van der Waals surface area (Å²) >= 11 is 0. The van der Waals surface area contributed by atoms with E-state index in [1.54, 1.807) is 12.1 Å². The van der Waals surface area contributed by atoms with E-state index in [0.29, 0.717) is 11.3 Å². The molecular formula is C13H16FNO4. The van der Waals surface area contributed by atoms with Crippen LogP contribution in [-0.4, -0.2) is 30.6 Å². The lowest BCUT2D eigenvalue weighted by Crippen LogP contribution is -2.26. The summed E-state index contributed by atoms with van der Waals surface area (Å²) in [7, 11) is 1.45. The van der Waals surface area contributed by atoms with Crippen LogP contribution in [0.2, 0.25) is 0 Å². The maximum Gasteiger partial charge on any atom is 0.305 e. The summed E-state index contributed by atoms with van der Waals surface area (Å²) in [5, 5.41) is 10.9. The second kappa shape index (κ2) is 7.35. The molecule has 0 aliphatic carbocycles. The molecule has 0 aromatic heterocycles. The van der Waals surface area contributed by atoms with Crippen molar-refractivity contribution in [3.8, 4) is 5.75 Å². The van der Waals surface area contributed by atoms with Gasteiger partial charge in [-0.25, -0.2) is 4.39 Å². The van der Waals surface area contributed by atoms with Crippen LogP contribution < -0.4 is 10.1 Å². The maximum atomic E-state index is 13.6. The van der Waals surface area contributed by atoms with Gasteiger partial charge in [-0.15, -0.1) is 0 Å². The SMILES string of the molecule is COc1ccc(CCC(=O)NCCC(=O)O)c(F)c1. The molecule has 2 N–H and O–H groups in total. The van der Waals surface area contributed by atoms with Gasteiger partial charge in [0.05, 0.1) is 13.5 Å². The maximum absolute atomic E-state index is 13.6. The first kappa shape index (κ1) is 14.9. The van der Waals surface area contributed by atoms with Gasteiger partial charge in [0.25, 0.3) is 0 Å². The third kappa shape index (κ3) is 5.37. The molecule has 1 rings (SSSR count). The van der Waals surface area contributed by atoms with E-state index in [4.69, 9.17) is 9.84 Å². The Hall–Kier alpha value is -2.11. The van der Waals surface area contributed by atoms with Crippen LogP contribution in [0.15, 0.2) is 18.2 Å². The number of ether oxygens (including phenoxy) is 1. The molecule has 0 aliphatic heterocycles. The molecule has 0 saturated carbocycles. The number of rotatable bonds is 7. The van der Waals surface area contributed by atoms with Crippen molar-refractivity contribution in [2.45, 2.75) is 19.3 Å². The Bertz CT molecular complexity index is 462. The lowest BCUT2D eigenvalue weighted by molar-refractivity contribution is -0.136. The number of methoxy groups -OCH3 is 1. The summed E-state index contributed by atoms with van der Waals surface area (Å²) < 4.78 is 18.4. The van der Waals surface area contributed by atoms with Gasteiger partial charge in [-0.2, -0.15) is 0 Å². The third-order valence-electron chi connectivity index (χ3n) is 2.54. The number of carbonyl (C=O) groups is 2. The van der Waals surface area contributed by atoms with Crippen LogP contribution in [-0.2, 0) is 16.0 Å². The average Bonchev–Trinajstić information content (AvgIpc) is 2.36. The Labute approximate surface area is 110 Å². The predicted octanol–water partition coefficient (Wildman–Crippen LogP) is 1.36. The molecule has 0 heterocycles. The first-order valence-corrected chi connectivity index (χ1v) is 5.84. The minimum absolute atomic E-state index is 0.0826. The van der Waals surface area contributed by atoms with Crippen molar-refractivity contribution in [3.05, 3.63) is 29.6 Å². The number of halogens is 1. The van der Waals surface area contributed by atoms with E-state index in [2.05, 4.69) is 5.32 Å². The van der Waals surface area contributed by atoms with Crippen molar-refractivity contribution in [3.63, 3.8) is 0 Å². The van der Waals surface area contributed by atoms with E-state index >= 15 is 0 Å². The van der Waals surface area contributed by atoms with Gasteiger partial charge in [0.15, 0.2) is 0 Å². The number of hydrogen-bond acceptors (Lipinski definition) is 3. The van der Waals surface area contributed by atoms with E-state index < -0.39 is 11.8 Å². The van der Waals surface area contributed by atoms with E-state index in [-0.39, 0.29) is 31.7 Å². The largest absolute Gasteiger partial charge is 0.497 e. The van der Waals surface area contributed by atoms with Crippen LogP contribution in [0.4, 0.5) is 4.39 Å². The molecule has 0 bridgehead atoms. The molecule has 0 aliphatic rings. The van der Waals surface area contributed by atoms with Crippen molar-refractivity contribution >= 4 is 11.9 Å². The highest BCUT2D eigenvalue weighted by Crippen LogP contribution is 2.17. The van der Waals surface area contributed by atoms with Crippen LogP contribution in [0.1, 0.15) is 18.4 Å². The number of hydrogen-bond donors (Lipinski definition) is 2. The topological polar surface area (TPSA) is 75.6 Å². The summed E-state index contributed by atoms with van der Waals surface area (Å²) in [5.41, 5.74) is 0.425. The van der Waals surface area contributed by atoms with E-state index in [0.717, 1.165) is 0 Å². The van der Waals surface area contributed by atoms with Crippen LogP contribution in [0.5, 0.6) is 5.75 Å². The number of aryl methyl sites for hydroxylation is 1. The van der Waals surface area contributed by atoms with Gasteiger partial charge < -0.3 is 15.2 Å². The van der Waals surface area contributed by atoms with Crippen LogP contribution >= 0.6 is 0 Å². The molecule has 19 heavy (non-hydrogen) atoms. The fourth-order valence-electron chi connectivity index (χ4n) is 1.50. The lowest BCUT2D eigenvalue weighted by Gasteiger charge is -2.06. The Morgan fingerprint density at radius 2 is 2.11 bits per heavy atom. The van der Waals surface area contributed by atoms with Gasteiger partial charge >= 0.3 is 5.97 Å². The van der Waals surface area contributed by atoms with Gasteiger partial charge in [-0.3, -0.25) is 9.59 Å². The van der Waals surface area contributed by atoms with Gasteiger partial charge in [0, 0.05) is 19.0 Å². The van der Waals surface area contributed by atoms with E-state index in [9.17, 15) is 14.0 Å². The number of carboxylic acids is 1. The van der Waals surface area contributed by atoms with Gasteiger partial charge in [-0.05, 0) is 18.1 Å². The zero-order chi connectivity index (χ0) is 14.3. The summed E-state index contributed by atoms with van der Waals surface area (Å²) in [6, 6.07) is 4.46. The monoisotopic (exact) mass is 269 g/mol. The normalized spacial score (nSPS) is 10.0. The zero-order valence-electron chi connectivity index (χ0n) is 10.6. The van der Waals surface area contributed by atoms with Crippen molar-refractivity contribution < 1.29 is 23.8 Å². The molecule has 1 amide bonds. The zero-order valence-corrected chi connectivity index (χ0v) is 10.6. The standard InChI is InChI=1S/C13H16FNO4/c1-19-10-4-2-9(11(14)8-10)3-5-12(16)15-7-6-13(17)18/h2,4,8H,3,5-7H2,1H3,(H,15,16)(H,17,18). The molecule has 104 valence electrons. The first-order valence-electron chi connectivity index (χ1n) is 5.84. The minimum Gasteiger partial charge on any atom is -0.497 e. The molecule has 0 spiro atoms. The molecule has 0 fully saturated rings. The van der Waals surface area contributed by atoms with Crippen molar-refractivity contribution in [2.24, 2.45) is 0 Å². The van der Waals surface area contributed by atoms with E-state index in [1.807, 2.05) is 0 Å². The number of carboxylic acid groups (broad SMARTS) is 1. The molecule has 6 heteroatoms. The Kier molecular flexibility index (Phi) is 5.78. The minimum atomic E-state index is -0.971. The smallest absolute Gasteiger partial charge is 0.305 e. The lowest BCUT2D eigenvalue weighted by atomic mass is 10.1. The summed E-state index contributed by atoms with van der Waals surface area (Å²) in [5.74, 6) is -1.26. The Balaban J connectivity index is 2.39. The van der Waals surface area contributed by atoms with Crippen molar-refractivity contribution in [1.82, 2.24) is 5.32 Å². The van der Waals surface area contributed by atoms with Crippen molar-refractivity contribution in [2.75, 3.05) is 13.7 Å². The van der Waals surface area contributed by atoms with Crippen LogP contribution in [0.3, 0.4) is 0 Å². The predicted molar refractivity (Wildman–Crippen MR) is 66.5 cm³/mol. The number of nitrogens with one attached hydrogen (secondary N) is 1. The Morgan fingerprint density at radius 1 is 1.37 bits per heavy atom. The fourth-order valence-corrected chi connectivity index (χ4v) is 1.50. The highest BCUT2D eigenvalue weighted by molar-refractivity contribution is 5.77. The van der Waals surface area contributed by atoms with Gasteiger partial charge in [-0.1, -0.05) is 6.07 Å². The van der Waals surface area contributed by atoms with Crippen LogP contribution in [0.25, 0.3) is 0 Å². The molecule has 5 nitrogen and oxygen atoms in total. The van der Waals surface area contributed by atoms with Gasteiger partial charge in [0.1, 0.15) is 11.6 Å². The van der Waals surface area contributed by atoms with Gasteiger partial charge in [0.2, 0.25) is 5.91 Å². The number of amides is 1. The quantitative estimate of drug-likeness (QED) is 0.783. The summed E-state index contributed by atoms with van der Waals surface area (Å²) in [6.45, 7) is 0.0826. The second-order valence-corrected chi connectivity index (χ2v) is 3.95. The van der Waals surface area contributed by atoms with Crippen LogP contribution in [0, 0.1) is 5.82 Å². The molecule has 0 saturated heterocycles. The highest BCUT2D eigenvalue weighted by Gasteiger charge is 2.07. The first-order chi connectivity index (χ1) is 9.02. The number of aliphatic carboxylic acids is 1. The molecule has 1 aromatic rings. The fraction of sp³-hybridized carbons (Fsp3) is 0.385. The van der Waals surface area contributed by atoms with Crippen molar-refractivity contribution in [1.29, 1.82) is 0 Å². The Morgan fingerprint density at radius 3 is 2.68 bits per heavy atom. The average molecular weight is 269 g/mol. The number of carbonyl (C=O) groups excluding carboxylic acids is 1. The molecule has 1 aromatic carbocycles. The third-order valence-corrected chi connectivity index (χ3v) is 2.54.